The van der Waals surface area contributed by atoms with Crippen molar-refractivity contribution in [2.75, 3.05) is 14.2 Å². The predicted molar refractivity (Wildman–Crippen MR) is 119 cm³/mol. The Labute approximate surface area is 202 Å². The van der Waals surface area contributed by atoms with Crippen molar-refractivity contribution in [1.29, 1.82) is 0 Å². The van der Waals surface area contributed by atoms with Crippen molar-refractivity contribution in [2.45, 2.75) is 6.18 Å². The van der Waals surface area contributed by atoms with Crippen molar-refractivity contribution >= 4 is 11.9 Å². The minimum atomic E-state index is -4.65. The standard InChI is InChI=1S/C24H17F3N4O5/c1-34-21(32)18-19(30-31(20(18)22(33)35-2)15-6-4-3-5-7-15)14-8-10-16(11-9-14)36-23-28-13-12-17(29-23)24(25,26)27/h3-13H,1-2H3. The maximum absolute atomic E-state index is 12.9. The number of halogens is 3. The Morgan fingerprint density at radius 1 is 0.889 bits per heavy atom. The molecule has 2 heterocycles. The molecule has 0 fully saturated rings. The van der Waals surface area contributed by atoms with Gasteiger partial charge in [-0.05, 0) is 42.5 Å². The highest BCUT2D eigenvalue weighted by Crippen LogP contribution is 2.32. The van der Waals surface area contributed by atoms with E-state index in [0.717, 1.165) is 12.3 Å². The van der Waals surface area contributed by atoms with E-state index in [2.05, 4.69) is 15.1 Å². The Morgan fingerprint density at radius 3 is 2.17 bits per heavy atom. The number of rotatable bonds is 6. The van der Waals surface area contributed by atoms with Crippen molar-refractivity contribution in [1.82, 2.24) is 19.7 Å². The molecule has 4 aromatic rings. The van der Waals surface area contributed by atoms with Crippen LogP contribution in [-0.4, -0.2) is 45.9 Å². The van der Waals surface area contributed by atoms with Gasteiger partial charge in [-0.1, -0.05) is 18.2 Å². The van der Waals surface area contributed by atoms with Crippen molar-refractivity contribution in [3.8, 4) is 28.7 Å². The largest absolute Gasteiger partial charge is 0.465 e. The highest BCUT2D eigenvalue weighted by molar-refractivity contribution is 6.06. The lowest BCUT2D eigenvalue weighted by atomic mass is 10.1. The van der Waals surface area contributed by atoms with E-state index in [-0.39, 0.29) is 22.7 Å². The zero-order valence-electron chi connectivity index (χ0n) is 18.8. The monoisotopic (exact) mass is 498 g/mol. The zero-order valence-corrected chi connectivity index (χ0v) is 18.8. The van der Waals surface area contributed by atoms with E-state index < -0.39 is 29.8 Å². The van der Waals surface area contributed by atoms with E-state index >= 15 is 0 Å². The van der Waals surface area contributed by atoms with Gasteiger partial charge in [0.15, 0.2) is 11.4 Å². The SMILES string of the molecule is COC(=O)c1c(-c2ccc(Oc3nccc(C(F)(F)F)n3)cc2)nn(-c2ccccc2)c1C(=O)OC. The Hall–Kier alpha value is -4.74. The van der Waals surface area contributed by atoms with Gasteiger partial charge >= 0.3 is 24.1 Å². The van der Waals surface area contributed by atoms with Crippen LogP contribution in [0.5, 0.6) is 11.8 Å². The van der Waals surface area contributed by atoms with Gasteiger partial charge in [0.2, 0.25) is 0 Å². The fourth-order valence-corrected chi connectivity index (χ4v) is 3.29. The average molecular weight is 498 g/mol. The molecule has 36 heavy (non-hydrogen) atoms. The maximum Gasteiger partial charge on any atom is 0.433 e. The van der Waals surface area contributed by atoms with E-state index in [9.17, 15) is 22.8 Å². The summed E-state index contributed by atoms with van der Waals surface area (Å²) in [6.07, 6.45) is -3.71. The fraction of sp³-hybridized carbons (Fsp3) is 0.125. The minimum absolute atomic E-state index is 0.118. The van der Waals surface area contributed by atoms with Crippen LogP contribution in [-0.2, 0) is 15.7 Å². The first-order valence-corrected chi connectivity index (χ1v) is 10.3. The lowest BCUT2D eigenvalue weighted by Gasteiger charge is -2.08. The molecule has 0 saturated carbocycles. The van der Waals surface area contributed by atoms with E-state index in [4.69, 9.17) is 14.2 Å². The first-order chi connectivity index (χ1) is 17.2. The Bertz CT molecular complexity index is 1400. The second-order valence-electron chi connectivity index (χ2n) is 7.15. The fourth-order valence-electron chi connectivity index (χ4n) is 3.29. The van der Waals surface area contributed by atoms with Crippen LogP contribution < -0.4 is 4.74 Å². The molecular formula is C24H17F3N4O5. The third-order valence-corrected chi connectivity index (χ3v) is 4.92. The molecule has 0 saturated heterocycles. The van der Waals surface area contributed by atoms with Crippen LogP contribution >= 0.6 is 0 Å². The molecule has 2 aromatic carbocycles. The molecule has 0 aliphatic carbocycles. The van der Waals surface area contributed by atoms with Gasteiger partial charge in [-0.2, -0.15) is 23.3 Å². The van der Waals surface area contributed by atoms with Crippen molar-refractivity contribution in [2.24, 2.45) is 0 Å². The van der Waals surface area contributed by atoms with Crippen LogP contribution in [0.15, 0.2) is 66.9 Å². The molecular weight excluding hydrogens is 481 g/mol. The van der Waals surface area contributed by atoms with Crippen LogP contribution in [0, 0.1) is 0 Å². The van der Waals surface area contributed by atoms with E-state index in [1.54, 1.807) is 30.3 Å². The van der Waals surface area contributed by atoms with Crippen molar-refractivity contribution in [3.05, 3.63) is 83.8 Å². The summed E-state index contributed by atoms with van der Waals surface area (Å²) >= 11 is 0. The summed E-state index contributed by atoms with van der Waals surface area (Å²) in [5, 5.41) is 4.47. The number of carbonyl (C=O) groups excluding carboxylic acids is 2. The molecule has 2 aromatic heterocycles. The summed E-state index contributed by atoms with van der Waals surface area (Å²) in [7, 11) is 2.34. The summed E-state index contributed by atoms with van der Waals surface area (Å²) < 4.78 is 55.1. The highest BCUT2D eigenvalue weighted by atomic mass is 19.4. The predicted octanol–water partition coefficient (Wildman–Crippen LogP) is 4.71. The first-order valence-electron chi connectivity index (χ1n) is 10.3. The number of carbonyl (C=O) groups is 2. The molecule has 4 rings (SSSR count). The van der Waals surface area contributed by atoms with E-state index in [1.165, 1.54) is 43.2 Å². The number of ether oxygens (including phenoxy) is 3. The van der Waals surface area contributed by atoms with Gasteiger partial charge in [0.05, 0.1) is 19.9 Å². The molecule has 0 spiro atoms. The molecule has 0 amide bonds. The third-order valence-electron chi connectivity index (χ3n) is 4.92. The molecule has 184 valence electrons. The molecule has 0 radical (unpaired) electrons. The summed E-state index contributed by atoms with van der Waals surface area (Å²) in [6, 6.07) is 14.7. The zero-order chi connectivity index (χ0) is 25.9. The van der Waals surface area contributed by atoms with Gasteiger partial charge in [0.25, 0.3) is 0 Å². The van der Waals surface area contributed by atoms with E-state index in [1.807, 2.05) is 0 Å². The van der Waals surface area contributed by atoms with Gasteiger partial charge < -0.3 is 14.2 Å². The van der Waals surface area contributed by atoms with Crippen LogP contribution in [0.3, 0.4) is 0 Å². The number of benzene rings is 2. The summed E-state index contributed by atoms with van der Waals surface area (Å²) in [5.41, 5.74) is -0.392. The normalized spacial score (nSPS) is 11.1. The lowest BCUT2D eigenvalue weighted by molar-refractivity contribution is -0.141. The first kappa shape index (κ1) is 24.4. The van der Waals surface area contributed by atoms with Gasteiger partial charge in [-0.15, -0.1) is 0 Å². The second-order valence-corrected chi connectivity index (χ2v) is 7.15. The summed E-state index contributed by atoms with van der Waals surface area (Å²) in [4.78, 5) is 32.4. The minimum Gasteiger partial charge on any atom is -0.465 e. The van der Waals surface area contributed by atoms with Crippen molar-refractivity contribution < 1.29 is 37.0 Å². The number of aromatic nitrogens is 4. The summed E-state index contributed by atoms with van der Waals surface area (Å²) in [5.74, 6) is -1.49. The van der Waals surface area contributed by atoms with E-state index in [0.29, 0.717) is 11.3 Å². The average Bonchev–Trinajstić information content (AvgIpc) is 3.29. The number of alkyl halides is 3. The topological polar surface area (TPSA) is 105 Å². The number of nitrogens with zero attached hydrogens (tertiary/aromatic N) is 4. The number of methoxy groups -OCH3 is 2. The molecule has 0 aliphatic rings. The molecule has 0 N–H and O–H groups in total. The second kappa shape index (κ2) is 9.86. The third kappa shape index (κ3) is 4.87. The molecule has 0 bridgehead atoms. The number of hydrogen-bond acceptors (Lipinski definition) is 8. The van der Waals surface area contributed by atoms with Crippen LogP contribution in [0.1, 0.15) is 26.5 Å². The Morgan fingerprint density at radius 2 is 1.56 bits per heavy atom. The van der Waals surface area contributed by atoms with Crippen LogP contribution in [0.2, 0.25) is 0 Å². The van der Waals surface area contributed by atoms with Gasteiger partial charge in [0.1, 0.15) is 17.0 Å². The Kier molecular flexibility index (Phi) is 6.68. The van der Waals surface area contributed by atoms with Crippen LogP contribution in [0.25, 0.3) is 16.9 Å². The van der Waals surface area contributed by atoms with Crippen molar-refractivity contribution in [3.63, 3.8) is 0 Å². The molecule has 0 atom stereocenters. The van der Waals surface area contributed by atoms with Gasteiger partial charge in [-0.25, -0.2) is 19.3 Å². The van der Waals surface area contributed by atoms with Gasteiger partial charge in [-0.3, -0.25) is 0 Å². The van der Waals surface area contributed by atoms with Crippen LogP contribution in [0.4, 0.5) is 13.2 Å². The smallest absolute Gasteiger partial charge is 0.433 e. The van der Waals surface area contributed by atoms with Gasteiger partial charge in [0, 0.05) is 11.8 Å². The Balaban J connectivity index is 1.75. The maximum atomic E-state index is 12.9. The molecule has 9 nitrogen and oxygen atoms in total. The number of esters is 2. The quantitative estimate of drug-likeness (QED) is 0.352. The highest BCUT2D eigenvalue weighted by Gasteiger charge is 2.33. The molecule has 0 aliphatic heterocycles. The number of para-hydroxylation sites is 1. The summed E-state index contributed by atoms with van der Waals surface area (Å²) in [6.45, 7) is 0. The molecule has 0 unspecified atom stereocenters. The lowest BCUT2D eigenvalue weighted by Crippen LogP contribution is -2.15. The number of hydrogen-bond donors (Lipinski definition) is 0. The molecule has 12 heteroatoms.